The summed E-state index contributed by atoms with van der Waals surface area (Å²) in [6, 6.07) is 11.1. The molecule has 3 amide bonds. The molecule has 0 bridgehead atoms. The molecule has 3 N–H and O–H groups in total. The lowest BCUT2D eigenvalue weighted by Gasteiger charge is -2.27. The fourth-order valence-electron chi connectivity index (χ4n) is 5.65. The van der Waals surface area contributed by atoms with E-state index in [0.717, 1.165) is 43.4 Å². The summed E-state index contributed by atoms with van der Waals surface area (Å²) < 4.78 is 1.64. The number of carbonyl (C=O) groups is 3. The van der Waals surface area contributed by atoms with Crippen LogP contribution in [0.15, 0.2) is 48.8 Å². The van der Waals surface area contributed by atoms with E-state index >= 15 is 0 Å². The average Bonchev–Trinajstić information content (AvgIpc) is 3.69. The Morgan fingerprint density at radius 2 is 1.93 bits per heavy atom. The molecule has 0 spiro atoms. The van der Waals surface area contributed by atoms with Crippen molar-refractivity contribution in [3.05, 3.63) is 81.7 Å². The van der Waals surface area contributed by atoms with Gasteiger partial charge in [0.1, 0.15) is 11.3 Å². The van der Waals surface area contributed by atoms with Gasteiger partial charge in [0.25, 0.3) is 11.8 Å². The molecule has 1 fully saturated rings. The van der Waals surface area contributed by atoms with Crippen LogP contribution in [0.25, 0.3) is 5.65 Å². The van der Waals surface area contributed by atoms with Gasteiger partial charge in [0.2, 0.25) is 5.91 Å². The number of aromatic nitrogens is 3. The van der Waals surface area contributed by atoms with Gasteiger partial charge in [-0.25, -0.2) is 9.97 Å². The molecule has 11 heteroatoms. The average molecular weight is 558 g/mol. The van der Waals surface area contributed by atoms with Crippen LogP contribution in [-0.2, 0) is 12.8 Å². The van der Waals surface area contributed by atoms with Crippen LogP contribution in [-0.4, -0.2) is 68.6 Å². The van der Waals surface area contributed by atoms with Crippen molar-refractivity contribution in [2.24, 2.45) is 5.73 Å². The van der Waals surface area contributed by atoms with Crippen molar-refractivity contribution in [2.45, 2.75) is 44.2 Å². The molecular weight excluding hydrogens is 526 g/mol. The molecule has 10 nitrogen and oxygen atoms in total. The summed E-state index contributed by atoms with van der Waals surface area (Å²) in [5.74, 6) is -0.941. The van der Waals surface area contributed by atoms with Gasteiger partial charge in [-0.1, -0.05) is 12.1 Å². The summed E-state index contributed by atoms with van der Waals surface area (Å²) >= 11 is 1.56. The van der Waals surface area contributed by atoms with Crippen molar-refractivity contribution in [1.29, 1.82) is 0 Å². The normalized spacial score (nSPS) is 18.7. The summed E-state index contributed by atoms with van der Waals surface area (Å²) in [6.07, 6.45) is 7.79. The third-order valence-corrected chi connectivity index (χ3v) is 8.90. The Balaban J connectivity index is 1.18. The highest BCUT2D eigenvalue weighted by Gasteiger charge is 2.32. The molecule has 206 valence electrons. The van der Waals surface area contributed by atoms with Crippen LogP contribution in [0.2, 0.25) is 0 Å². The number of nitrogens with one attached hydrogen (secondary N) is 1. The lowest BCUT2D eigenvalue weighted by molar-refractivity contribution is 0.0730. The van der Waals surface area contributed by atoms with Crippen molar-refractivity contribution >= 4 is 39.8 Å². The van der Waals surface area contributed by atoms with E-state index in [2.05, 4.69) is 29.3 Å². The second-order valence-electron chi connectivity index (χ2n) is 10.7. The van der Waals surface area contributed by atoms with Crippen molar-refractivity contribution in [3.63, 3.8) is 0 Å². The van der Waals surface area contributed by atoms with Gasteiger partial charge in [-0.05, 0) is 76.0 Å². The number of aryl methyl sites for hydroxylation is 1. The Morgan fingerprint density at radius 3 is 2.73 bits per heavy atom. The molecule has 2 aliphatic rings. The number of nitrogens with two attached hydrogens (primary N) is 1. The first kappa shape index (κ1) is 26.1. The predicted molar refractivity (Wildman–Crippen MR) is 153 cm³/mol. The number of nitrogens with zero attached hydrogens (tertiary/aromatic N) is 5. The van der Waals surface area contributed by atoms with Gasteiger partial charge in [-0.3, -0.25) is 19.7 Å². The van der Waals surface area contributed by atoms with E-state index in [4.69, 9.17) is 10.7 Å². The zero-order chi connectivity index (χ0) is 28.0. The number of amides is 3. The third kappa shape index (κ3) is 4.98. The highest BCUT2D eigenvalue weighted by Crippen LogP contribution is 2.34. The summed E-state index contributed by atoms with van der Waals surface area (Å²) in [7, 11) is 4.20. The van der Waals surface area contributed by atoms with Gasteiger partial charge in [-0.15, -0.1) is 11.3 Å². The molecule has 40 heavy (non-hydrogen) atoms. The van der Waals surface area contributed by atoms with Crippen LogP contribution in [0.3, 0.4) is 0 Å². The molecule has 3 aromatic heterocycles. The molecule has 6 rings (SSSR count). The topological polar surface area (TPSA) is 126 Å². The molecule has 4 aromatic rings. The monoisotopic (exact) mass is 557 g/mol. The quantitative estimate of drug-likeness (QED) is 0.374. The van der Waals surface area contributed by atoms with Gasteiger partial charge in [-0.2, -0.15) is 0 Å². The number of imidazole rings is 1. The molecule has 0 unspecified atom stereocenters. The predicted octanol–water partition coefficient (Wildman–Crippen LogP) is 3.54. The van der Waals surface area contributed by atoms with Crippen molar-refractivity contribution in [3.8, 4) is 0 Å². The van der Waals surface area contributed by atoms with Crippen molar-refractivity contribution in [1.82, 2.24) is 24.2 Å². The van der Waals surface area contributed by atoms with Gasteiger partial charge in [0.15, 0.2) is 5.13 Å². The van der Waals surface area contributed by atoms with E-state index in [1.165, 1.54) is 4.88 Å². The summed E-state index contributed by atoms with van der Waals surface area (Å²) in [5, 5.41) is 3.62. The molecule has 2 atom stereocenters. The Labute approximate surface area is 235 Å². The van der Waals surface area contributed by atoms with Crippen LogP contribution in [0.4, 0.5) is 5.13 Å². The van der Waals surface area contributed by atoms with Crippen molar-refractivity contribution in [2.75, 3.05) is 26.0 Å². The maximum atomic E-state index is 13.5. The van der Waals surface area contributed by atoms with Crippen LogP contribution in [0, 0.1) is 0 Å². The first-order valence-electron chi connectivity index (χ1n) is 13.4. The van der Waals surface area contributed by atoms with Crippen LogP contribution in [0.5, 0.6) is 0 Å². The van der Waals surface area contributed by atoms with Crippen LogP contribution >= 0.6 is 11.3 Å². The number of carbonyl (C=O) groups excluding carboxylic acids is 3. The van der Waals surface area contributed by atoms with E-state index in [1.807, 2.05) is 23.1 Å². The highest BCUT2D eigenvalue weighted by atomic mass is 32.1. The smallest absolute Gasteiger partial charge is 0.274 e. The number of hydrogen-bond acceptors (Lipinski definition) is 7. The van der Waals surface area contributed by atoms with Crippen LogP contribution < -0.4 is 11.1 Å². The molecule has 0 radical (unpaired) electrons. The fraction of sp³-hybridized carbons (Fsp3) is 0.345. The fourth-order valence-corrected chi connectivity index (χ4v) is 6.73. The van der Waals surface area contributed by atoms with E-state index in [1.54, 1.807) is 46.3 Å². The first-order valence-corrected chi connectivity index (χ1v) is 14.2. The number of anilines is 1. The van der Waals surface area contributed by atoms with Gasteiger partial charge >= 0.3 is 0 Å². The Kier molecular flexibility index (Phi) is 6.85. The number of likely N-dealkylation sites (N-methyl/N-ethyl adjacent to an activating group) is 1. The van der Waals surface area contributed by atoms with E-state index in [-0.39, 0.29) is 17.9 Å². The molecule has 1 aliphatic carbocycles. The number of thiazole rings is 1. The zero-order valence-electron chi connectivity index (χ0n) is 22.5. The lowest BCUT2D eigenvalue weighted by Crippen LogP contribution is -2.32. The standard InChI is InChI=1S/C29H31N7O3S/c1-34(2)20-9-10-21-24(14-20)40-29(32-21)33-27(38)18-6-3-5-17(13-18)23-7-4-12-36(23)28(39)22-16-35-15-19(26(30)37)8-11-25(35)31-22/h3,5-6,8,11,13,15-16,20,23H,4,7,9-10,12,14H2,1-2H3,(H2,30,37)(H,32,33,38)/t20-,23+/m0/s1. The Hall–Kier alpha value is -4.09. The number of rotatable bonds is 6. The minimum atomic E-state index is -0.542. The third-order valence-electron chi connectivity index (χ3n) is 7.87. The SMILES string of the molecule is CN(C)[C@H]1CCc2nc(NC(=O)c3cccc([C@H]4CCCN4C(=O)c4cn5cc(C(N)=O)ccc5n4)c3)sc2C1. The van der Waals surface area contributed by atoms with Gasteiger partial charge < -0.3 is 19.9 Å². The number of likely N-dealkylation sites (tertiary alicyclic amines) is 1. The lowest BCUT2D eigenvalue weighted by atomic mass is 9.97. The van der Waals surface area contributed by atoms with Gasteiger partial charge in [0.05, 0.1) is 17.3 Å². The molecule has 1 saturated heterocycles. The Morgan fingerprint density at radius 1 is 1.07 bits per heavy atom. The minimum Gasteiger partial charge on any atom is -0.366 e. The maximum absolute atomic E-state index is 13.5. The largest absolute Gasteiger partial charge is 0.366 e. The maximum Gasteiger partial charge on any atom is 0.274 e. The number of fused-ring (bicyclic) bond motifs is 2. The molecule has 1 aliphatic heterocycles. The molecular formula is C29H31N7O3S. The Bertz CT molecular complexity index is 1620. The zero-order valence-corrected chi connectivity index (χ0v) is 23.3. The second-order valence-corrected chi connectivity index (χ2v) is 11.7. The summed E-state index contributed by atoms with van der Waals surface area (Å²) in [4.78, 5) is 52.7. The molecule has 0 saturated carbocycles. The van der Waals surface area contributed by atoms with Gasteiger partial charge in [0, 0.05) is 35.4 Å². The number of benzene rings is 1. The number of hydrogen-bond donors (Lipinski definition) is 2. The van der Waals surface area contributed by atoms with E-state index in [0.29, 0.717) is 40.2 Å². The van der Waals surface area contributed by atoms with E-state index < -0.39 is 5.91 Å². The highest BCUT2D eigenvalue weighted by molar-refractivity contribution is 7.15. The molecule has 4 heterocycles. The number of pyridine rings is 1. The summed E-state index contributed by atoms with van der Waals surface area (Å²) in [6.45, 7) is 0.596. The van der Waals surface area contributed by atoms with Crippen LogP contribution in [0.1, 0.15) is 72.6 Å². The van der Waals surface area contributed by atoms with Crippen molar-refractivity contribution < 1.29 is 14.4 Å². The summed E-state index contributed by atoms with van der Waals surface area (Å²) in [5.41, 5.74) is 9.11. The van der Waals surface area contributed by atoms with E-state index in [9.17, 15) is 14.4 Å². The minimum absolute atomic E-state index is 0.165. The second kappa shape index (κ2) is 10.5. The first-order chi connectivity index (χ1) is 19.3. The number of primary amides is 1. The molecule has 1 aromatic carbocycles.